The molecule has 0 unspecified atom stereocenters. The second kappa shape index (κ2) is 3.58. The van der Waals surface area contributed by atoms with E-state index in [0.29, 0.717) is 0 Å². The maximum absolute atomic E-state index is 10.5. The average molecular weight is 150 g/mol. The average Bonchev–Trinajstić information content (AvgIpc) is 1.84. The lowest BCUT2D eigenvalue weighted by molar-refractivity contribution is 0.550. The topological polar surface area (TPSA) is 63.2 Å². The Kier molecular flexibility index (Phi) is 3.41. The summed E-state index contributed by atoms with van der Waals surface area (Å²) in [6.45, 7) is 1.24. The van der Waals surface area contributed by atoms with Crippen molar-refractivity contribution in [2.75, 3.05) is 12.3 Å². The van der Waals surface area contributed by atoms with Gasteiger partial charge in [0.1, 0.15) is 0 Å². The van der Waals surface area contributed by atoms with E-state index < -0.39 is 10.0 Å². The zero-order chi connectivity index (χ0) is 7.33. The van der Waals surface area contributed by atoms with E-state index in [1.807, 2.05) is 4.72 Å². The van der Waals surface area contributed by atoms with Gasteiger partial charge in [-0.25, -0.2) is 13.1 Å². The second-order valence-electron chi connectivity index (χ2n) is 1.37. The molecule has 9 heavy (non-hydrogen) atoms. The molecule has 0 aliphatic carbocycles. The highest BCUT2D eigenvalue weighted by molar-refractivity contribution is 7.89. The van der Waals surface area contributed by atoms with Gasteiger partial charge in [-0.3, -0.25) is 4.79 Å². The Hall–Kier alpha value is -0.420. The van der Waals surface area contributed by atoms with Gasteiger partial charge in [0.05, 0.1) is 12.3 Å². The monoisotopic (exact) mass is 150 g/mol. The smallest absolute Gasteiger partial charge is 0.214 e. The summed E-state index contributed by atoms with van der Waals surface area (Å²) >= 11 is 0. The minimum absolute atomic E-state index is 0.00528. The molecule has 0 atom stereocenters. The molecular weight excluding hydrogens is 142 g/mol. The summed E-state index contributed by atoms with van der Waals surface area (Å²) in [5, 5.41) is 0. The first-order chi connectivity index (χ1) is 4.12. The maximum Gasteiger partial charge on any atom is 0.214 e. The van der Waals surface area contributed by atoms with Crippen LogP contribution in [0, 0.1) is 0 Å². The van der Waals surface area contributed by atoms with E-state index in [4.69, 9.17) is 0 Å². The van der Waals surface area contributed by atoms with Gasteiger partial charge in [-0.1, -0.05) is 0 Å². The molecule has 0 rings (SSSR count). The lowest BCUT2D eigenvalue weighted by atomic mass is 10.8. The summed E-state index contributed by atoms with van der Waals surface area (Å²) in [7, 11) is -3.19. The molecule has 1 N–H and O–H groups in total. The molecule has 0 saturated carbocycles. The molecule has 0 aliphatic rings. The Morgan fingerprint density at radius 2 is 2.11 bits per heavy atom. The fourth-order valence-electron chi connectivity index (χ4n) is 0.241. The lowest BCUT2D eigenvalue weighted by Crippen LogP contribution is -2.26. The highest BCUT2D eigenvalue weighted by Gasteiger charge is 2.02. The van der Waals surface area contributed by atoms with E-state index in [1.165, 1.54) is 13.2 Å². The van der Waals surface area contributed by atoms with Gasteiger partial charge < -0.3 is 0 Å². The van der Waals surface area contributed by atoms with Crippen molar-refractivity contribution in [1.82, 2.24) is 4.72 Å². The van der Waals surface area contributed by atoms with Gasteiger partial charge in [0.15, 0.2) is 0 Å². The van der Waals surface area contributed by atoms with E-state index in [-0.39, 0.29) is 12.3 Å². The number of hydrogen-bond donors (Lipinski definition) is 1. The van der Waals surface area contributed by atoms with Gasteiger partial charge in [0.2, 0.25) is 16.3 Å². The number of sulfonamides is 1. The van der Waals surface area contributed by atoms with Gasteiger partial charge in [0, 0.05) is 0 Å². The van der Waals surface area contributed by atoms with Gasteiger partial charge in [-0.2, -0.15) is 0 Å². The first-order valence-corrected chi connectivity index (χ1v) is 4.10. The normalized spacial score (nSPS) is 11.2. The van der Waals surface area contributed by atoms with Crippen LogP contribution in [0.15, 0.2) is 0 Å². The van der Waals surface area contributed by atoms with E-state index >= 15 is 0 Å². The van der Waals surface area contributed by atoms with Crippen molar-refractivity contribution in [3.05, 3.63) is 0 Å². The fourth-order valence-corrected chi connectivity index (χ4v) is 0.724. The van der Waals surface area contributed by atoms with Gasteiger partial charge in [0.25, 0.3) is 0 Å². The van der Waals surface area contributed by atoms with Gasteiger partial charge in [-0.15, -0.1) is 0 Å². The molecule has 0 aromatic rings. The Bertz CT molecular complexity index is 172. The van der Waals surface area contributed by atoms with E-state index in [2.05, 4.69) is 0 Å². The zero-order valence-corrected chi connectivity index (χ0v) is 5.86. The van der Waals surface area contributed by atoms with Crippen LogP contribution in [-0.4, -0.2) is 27.0 Å². The Morgan fingerprint density at radius 1 is 1.56 bits per heavy atom. The van der Waals surface area contributed by atoms with Crippen LogP contribution in [0.1, 0.15) is 6.92 Å². The summed E-state index contributed by atoms with van der Waals surface area (Å²) in [5.74, 6) is -0.00528. The van der Waals surface area contributed by atoms with E-state index in [9.17, 15) is 13.2 Å². The number of nitrogens with one attached hydrogen (secondary N) is 1. The molecule has 53 valence electrons. The molecular formula is C4H8NO3S. The molecule has 1 radical (unpaired) electrons. The van der Waals surface area contributed by atoms with Crippen molar-refractivity contribution in [3.63, 3.8) is 0 Å². The molecule has 0 bridgehead atoms. The number of hydrogen-bond acceptors (Lipinski definition) is 3. The van der Waals surface area contributed by atoms with E-state index in [1.54, 1.807) is 0 Å². The predicted octanol–water partition coefficient (Wildman–Crippen LogP) is -0.965. The Morgan fingerprint density at radius 3 is 2.44 bits per heavy atom. The minimum atomic E-state index is -3.19. The van der Waals surface area contributed by atoms with Crippen molar-refractivity contribution in [3.8, 4) is 0 Å². The molecule has 0 aliphatic heterocycles. The van der Waals surface area contributed by atoms with Crippen LogP contribution in [0.2, 0.25) is 0 Å². The van der Waals surface area contributed by atoms with Crippen molar-refractivity contribution in [2.45, 2.75) is 6.92 Å². The van der Waals surface area contributed by atoms with Crippen molar-refractivity contribution >= 4 is 16.3 Å². The van der Waals surface area contributed by atoms with Gasteiger partial charge >= 0.3 is 0 Å². The standard InChI is InChI=1S/C4H8NO3S/c1-2-9(7,8)5-3-4-6/h5H,2-3H2,1H3. The maximum atomic E-state index is 10.5. The molecule has 0 aromatic heterocycles. The molecule has 0 fully saturated rings. The first-order valence-electron chi connectivity index (χ1n) is 2.44. The van der Waals surface area contributed by atoms with Crippen molar-refractivity contribution < 1.29 is 13.2 Å². The summed E-state index contributed by atoms with van der Waals surface area (Å²) in [4.78, 5) is 9.52. The molecule has 4 nitrogen and oxygen atoms in total. The second-order valence-corrected chi connectivity index (χ2v) is 3.46. The van der Waals surface area contributed by atoms with Crippen molar-refractivity contribution in [2.24, 2.45) is 0 Å². The highest BCUT2D eigenvalue weighted by Crippen LogP contribution is 1.78. The molecule has 0 aromatic carbocycles. The predicted molar refractivity (Wildman–Crippen MR) is 33.2 cm³/mol. The largest absolute Gasteiger partial charge is 0.289 e. The van der Waals surface area contributed by atoms with E-state index in [0.717, 1.165) is 0 Å². The summed E-state index contributed by atoms with van der Waals surface area (Å²) < 4.78 is 22.9. The third-order valence-electron chi connectivity index (χ3n) is 0.744. The van der Waals surface area contributed by atoms with Crippen molar-refractivity contribution in [1.29, 1.82) is 0 Å². The minimum Gasteiger partial charge on any atom is -0.289 e. The molecule has 0 spiro atoms. The zero-order valence-electron chi connectivity index (χ0n) is 5.05. The SMILES string of the molecule is CCS(=O)(=O)NC[C]=O. The van der Waals surface area contributed by atoms with Crippen LogP contribution < -0.4 is 4.72 Å². The molecule has 5 heteroatoms. The molecule has 0 saturated heterocycles. The number of carbonyl (C=O) groups excluding carboxylic acids is 1. The van der Waals surface area contributed by atoms with Crippen LogP contribution >= 0.6 is 0 Å². The lowest BCUT2D eigenvalue weighted by Gasteiger charge is -1.96. The molecule has 0 heterocycles. The Balaban J connectivity index is 3.74. The van der Waals surface area contributed by atoms with Crippen LogP contribution in [0.5, 0.6) is 0 Å². The third-order valence-corrected chi connectivity index (χ3v) is 2.09. The van der Waals surface area contributed by atoms with Crippen LogP contribution in [0.4, 0.5) is 0 Å². The van der Waals surface area contributed by atoms with Crippen LogP contribution in [0.3, 0.4) is 0 Å². The first kappa shape index (κ1) is 8.58. The van der Waals surface area contributed by atoms with Gasteiger partial charge in [-0.05, 0) is 6.92 Å². The van der Waals surface area contributed by atoms with Crippen LogP contribution in [0.25, 0.3) is 0 Å². The third kappa shape index (κ3) is 4.11. The summed E-state index contributed by atoms with van der Waals surface area (Å²) in [6, 6.07) is 0. The molecule has 0 amide bonds. The Labute approximate surface area is 54.3 Å². The summed E-state index contributed by atoms with van der Waals surface area (Å²) in [6.07, 6.45) is 1.42. The number of rotatable bonds is 4. The van der Waals surface area contributed by atoms with Crippen LogP contribution in [-0.2, 0) is 14.8 Å². The highest BCUT2D eigenvalue weighted by atomic mass is 32.2. The summed E-state index contributed by atoms with van der Waals surface area (Å²) in [5.41, 5.74) is 0. The quantitative estimate of drug-likeness (QED) is 0.561. The fraction of sp³-hybridized carbons (Fsp3) is 0.750.